The lowest BCUT2D eigenvalue weighted by atomic mass is 10.1. The van der Waals surface area contributed by atoms with Crippen LogP contribution in [-0.4, -0.2) is 36.2 Å². The first-order chi connectivity index (χ1) is 12.2. The van der Waals surface area contributed by atoms with E-state index in [1.807, 2.05) is 24.3 Å². The molecule has 1 aromatic heterocycles. The van der Waals surface area contributed by atoms with Crippen LogP contribution >= 0.6 is 12.4 Å². The summed E-state index contributed by atoms with van der Waals surface area (Å²) in [5.41, 5.74) is 2.08. The molecule has 2 heterocycles. The first kappa shape index (κ1) is 18.3. The van der Waals surface area contributed by atoms with Gasteiger partial charge in [-0.15, -0.1) is 12.4 Å². The summed E-state index contributed by atoms with van der Waals surface area (Å²) in [6.07, 6.45) is 0. The maximum Gasteiger partial charge on any atom is 0.378 e. The van der Waals surface area contributed by atoms with E-state index in [0.717, 1.165) is 43.8 Å². The summed E-state index contributed by atoms with van der Waals surface area (Å²) < 4.78 is 5.34. The molecule has 0 amide bonds. The summed E-state index contributed by atoms with van der Waals surface area (Å²) in [4.78, 5) is 16.3. The highest BCUT2D eigenvalue weighted by Gasteiger charge is 2.20. The van der Waals surface area contributed by atoms with Crippen LogP contribution in [0.5, 0.6) is 5.75 Å². The molecule has 0 saturated carbocycles. The number of nitrogens with zero attached hydrogens (tertiary/aromatic N) is 2. The number of halogens is 1. The van der Waals surface area contributed by atoms with Gasteiger partial charge in [0.25, 0.3) is 0 Å². The molecule has 1 fully saturated rings. The van der Waals surface area contributed by atoms with E-state index in [1.54, 1.807) is 0 Å². The monoisotopic (exact) mass is 372 g/mol. The molecule has 5 nitrogen and oxygen atoms in total. The number of fused-ring (bicyclic) bond motifs is 1. The summed E-state index contributed by atoms with van der Waals surface area (Å²) in [5.74, 6) is -0.350. The summed E-state index contributed by atoms with van der Waals surface area (Å²) >= 11 is 0. The van der Waals surface area contributed by atoms with E-state index in [-0.39, 0.29) is 18.2 Å². The van der Waals surface area contributed by atoms with Crippen LogP contribution in [0.3, 0.4) is 0 Å². The molecule has 0 bridgehead atoms. The van der Waals surface area contributed by atoms with Crippen LogP contribution in [0.25, 0.3) is 11.0 Å². The van der Waals surface area contributed by atoms with Crippen LogP contribution < -0.4 is 10.5 Å². The van der Waals surface area contributed by atoms with Crippen molar-refractivity contribution >= 4 is 29.1 Å². The summed E-state index contributed by atoms with van der Waals surface area (Å²) in [6.45, 7) is 4.60. The number of anilines is 1. The van der Waals surface area contributed by atoms with Crippen LogP contribution in [0.1, 0.15) is 5.56 Å². The Morgan fingerprint density at radius 1 is 0.962 bits per heavy atom. The van der Waals surface area contributed by atoms with Crippen LogP contribution in [0.2, 0.25) is 0 Å². The number of piperazine rings is 1. The standard InChI is InChI=1S/C20H20N2O3.ClH/c23-18-13-16-7-4-8-17(19(16)25-20(18)24)22-11-9-21(10-12-22)14-15-5-2-1-3-6-15;/h1-8,13,23H,9-12,14H2;1H. The van der Waals surface area contributed by atoms with E-state index in [9.17, 15) is 9.90 Å². The normalized spacial score (nSPS) is 15.0. The van der Waals surface area contributed by atoms with Crippen molar-refractivity contribution in [2.24, 2.45) is 0 Å². The Morgan fingerprint density at radius 3 is 2.42 bits per heavy atom. The van der Waals surface area contributed by atoms with Gasteiger partial charge in [-0.2, -0.15) is 0 Å². The lowest BCUT2D eigenvalue weighted by Gasteiger charge is -2.36. The molecular weight excluding hydrogens is 352 g/mol. The van der Waals surface area contributed by atoms with Crippen molar-refractivity contribution in [3.8, 4) is 5.75 Å². The Bertz CT molecular complexity index is 935. The van der Waals surface area contributed by atoms with Gasteiger partial charge in [-0.3, -0.25) is 4.90 Å². The molecule has 6 heteroatoms. The van der Waals surface area contributed by atoms with Gasteiger partial charge in [0.1, 0.15) is 0 Å². The molecule has 2 aromatic carbocycles. The molecular formula is C20H21ClN2O3. The second kappa shape index (κ2) is 7.81. The van der Waals surface area contributed by atoms with E-state index in [4.69, 9.17) is 4.42 Å². The zero-order valence-electron chi connectivity index (χ0n) is 14.3. The molecule has 0 spiro atoms. The Hall–Kier alpha value is -2.50. The Labute approximate surface area is 157 Å². The zero-order valence-corrected chi connectivity index (χ0v) is 15.1. The second-order valence-corrected chi connectivity index (χ2v) is 6.36. The second-order valence-electron chi connectivity index (χ2n) is 6.36. The fourth-order valence-electron chi connectivity index (χ4n) is 3.36. The minimum absolute atomic E-state index is 0. The number of benzene rings is 2. The van der Waals surface area contributed by atoms with Crippen molar-refractivity contribution in [2.75, 3.05) is 31.1 Å². The maximum atomic E-state index is 11.7. The SMILES string of the molecule is Cl.O=c1oc2c(N3CCN(Cc4ccccc4)CC3)cccc2cc1O. The Morgan fingerprint density at radius 2 is 1.69 bits per heavy atom. The molecule has 1 aliphatic rings. The predicted molar refractivity (Wildman–Crippen MR) is 105 cm³/mol. The largest absolute Gasteiger partial charge is 0.502 e. The molecule has 26 heavy (non-hydrogen) atoms. The molecule has 0 radical (unpaired) electrons. The third kappa shape index (κ3) is 3.69. The summed E-state index contributed by atoms with van der Waals surface area (Å²) in [7, 11) is 0. The van der Waals surface area contributed by atoms with Gasteiger partial charge >= 0.3 is 5.63 Å². The molecule has 0 aliphatic carbocycles. The van der Waals surface area contributed by atoms with E-state index in [0.29, 0.717) is 5.58 Å². The first-order valence-corrected chi connectivity index (χ1v) is 8.48. The fourth-order valence-corrected chi connectivity index (χ4v) is 3.36. The zero-order chi connectivity index (χ0) is 17.2. The molecule has 0 unspecified atom stereocenters. The van der Waals surface area contributed by atoms with Gasteiger partial charge in [0.05, 0.1) is 5.69 Å². The lowest BCUT2D eigenvalue weighted by molar-refractivity contribution is 0.250. The van der Waals surface area contributed by atoms with Crippen LogP contribution in [0.4, 0.5) is 5.69 Å². The highest BCUT2D eigenvalue weighted by Crippen LogP contribution is 2.28. The van der Waals surface area contributed by atoms with Crippen molar-refractivity contribution in [3.63, 3.8) is 0 Å². The van der Waals surface area contributed by atoms with Gasteiger partial charge in [0, 0.05) is 38.1 Å². The summed E-state index contributed by atoms with van der Waals surface area (Å²) in [6, 6.07) is 17.7. The number of aromatic hydroxyl groups is 1. The van der Waals surface area contributed by atoms with Gasteiger partial charge in [0.2, 0.25) is 5.75 Å². The van der Waals surface area contributed by atoms with Gasteiger partial charge in [-0.25, -0.2) is 4.79 Å². The molecule has 136 valence electrons. The van der Waals surface area contributed by atoms with Crippen LogP contribution in [0, 0.1) is 0 Å². The number of hydrogen-bond acceptors (Lipinski definition) is 5. The smallest absolute Gasteiger partial charge is 0.378 e. The average molecular weight is 373 g/mol. The van der Waals surface area contributed by atoms with E-state index in [2.05, 4.69) is 34.1 Å². The minimum Gasteiger partial charge on any atom is -0.502 e. The third-order valence-corrected chi connectivity index (χ3v) is 4.68. The van der Waals surface area contributed by atoms with E-state index < -0.39 is 5.63 Å². The molecule has 3 aromatic rings. The van der Waals surface area contributed by atoms with Crippen molar-refractivity contribution in [1.82, 2.24) is 4.90 Å². The predicted octanol–water partition coefficient (Wildman–Crippen LogP) is 3.24. The van der Waals surface area contributed by atoms with Gasteiger partial charge in [0.15, 0.2) is 5.58 Å². The molecule has 0 atom stereocenters. The highest BCUT2D eigenvalue weighted by atomic mass is 35.5. The maximum absolute atomic E-state index is 11.7. The van der Waals surface area contributed by atoms with E-state index >= 15 is 0 Å². The van der Waals surface area contributed by atoms with Crippen LogP contribution in [0.15, 0.2) is 63.8 Å². The summed E-state index contributed by atoms with van der Waals surface area (Å²) in [5, 5.41) is 10.3. The van der Waals surface area contributed by atoms with Crippen molar-refractivity contribution in [1.29, 1.82) is 0 Å². The lowest BCUT2D eigenvalue weighted by Crippen LogP contribution is -2.46. The van der Waals surface area contributed by atoms with Crippen molar-refractivity contribution < 1.29 is 9.52 Å². The minimum atomic E-state index is -0.692. The third-order valence-electron chi connectivity index (χ3n) is 4.68. The Balaban J connectivity index is 0.00000196. The quantitative estimate of drug-likeness (QED) is 0.715. The molecule has 1 aliphatic heterocycles. The number of rotatable bonds is 3. The van der Waals surface area contributed by atoms with Crippen molar-refractivity contribution in [3.05, 3.63) is 70.6 Å². The first-order valence-electron chi connectivity index (χ1n) is 8.48. The molecule has 1 saturated heterocycles. The van der Waals surface area contributed by atoms with Crippen LogP contribution in [-0.2, 0) is 6.54 Å². The van der Waals surface area contributed by atoms with Crippen molar-refractivity contribution in [2.45, 2.75) is 6.54 Å². The number of hydrogen-bond donors (Lipinski definition) is 1. The average Bonchev–Trinajstić information content (AvgIpc) is 2.64. The topological polar surface area (TPSA) is 56.9 Å². The fraction of sp³-hybridized carbons (Fsp3) is 0.250. The van der Waals surface area contributed by atoms with Gasteiger partial charge < -0.3 is 14.4 Å². The van der Waals surface area contributed by atoms with Gasteiger partial charge in [-0.1, -0.05) is 42.5 Å². The Kier molecular flexibility index (Phi) is 5.49. The molecule has 4 rings (SSSR count). The molecule has 1 N–H and O–H groups in total. The van der Waals surface area contributed by atoms with Gasteiger partial charge in [-0.05, 0) is 17.7 Å². The van der Waals surface area contributed by atoms with E-state index in [1.165, 1.54) is 11.6 Å². The number of para-hydroxylation sites is 1. The highest BCUT2D eigenvalue weighted by molar-refractivity contribution is 5.89.